The molecule has 2 heterocycles. The lowest BCUT2D eigenvalue weighted by Gasteiger charge is -2.27. The van der Waals surface area contributed by atoms with Crippen molar-refractivity contribution in [3.8, 4) is 0 Å². The third-order valence-electron chi connectivity index (χ3n) is 3.67. The number of hydrogen-bond acceptors (Lipinski definition) is 5. The molecule has 0 aromatic carbocycles. The number of hydrogen-bond donors (Lipinski definition) is 1. The smallest absolute Gasteiger partial charge is 0.227 e. The maximum atomic E-state index is 5.41. The first-order valence-corrected chi connectivity index (χ1v) is 8.23. The highest BCUT2D eigenvalue weighted by Gasteiger charge is 2.30. The van der Waals surface area contributed by atoms with Crippen molar-refractivity contribution in [2.24, 2.45) is 0 Å². The fourth-order valence-corrected chi connectivity index (χ4v) is 2.99. The molecular weight excluding hydrogens is 320 g/mol. The van der Waals surface area contributed by atoms with Gasteiger partial charge in [0.1, 0.15) is 5.82 Å². The summed E-state index contributed by atoms with van der Waals surface area (Å²) in [5, 5.41) is 3.41. The molecule has 1 aliphatic carbocycles. The van der Waals surface area contributed by atoms with Crippen molar-refractivity contribution in [3.63, 3.8) is 0 Å². The second-order valence-corrected chi connectivity index (χ2v) is 6.16. The minimum atomic E-state index is 0.606. The molecule has 6 heteroatoms. The quantitative estimate of drug-likeness (QED) is 0.893. The molecule has 0 spiro atoms. The molecule has 0 unspecified atom stereocenters. The Morgan fingerprint density at radius 1 is 1.30 bits per heavy atom. The van der Waals surface area contributed by atoms with Gasteiger partial charge in [0.15, 0.2) is 0 Å². The van der Waals surface area contributed by atoms with Crippen LogP contribution in [0.4, 0.5) is 11.8 Å². The number of nitrogens with one attached hydrogen (secondary N) is 1. The Bertz CT molecular complexity index is 472. The summed E-state index contributed by atoms with van der Waals surface area (Å²) in [5.41, 5.74) is 1.17. The highest BCUT2D eigenvalue weighted by molar-refractivity contribution is 9.10. The van der Waals surface area contributed by atoms with Crippen molar-refractivity contribution >= 4 is 27.7 Å². The van der Waals surface area contributed by atoms with Crippen LogP contribution in [0.25, 0.3) is 0 Å². The van der Waals surface area contributed by atoms with Crippen LogP contribution in [0.3, 0.4) is 0 Å². The van der Waals surface area contributed by atoms with Crippen molar-refractivity contribution in [3.05, 3.63) is 10.2 Å². The molecule has 20 heavy (non-hydrogen) atoms. The average molecular weight is 341 g/mol. The molecule has 1 saturated heterocycles. The molecule has 0 bridgehead atoms. The van der Waals surface area contributed by atoms with E-state index in [9.17, 15) is 0 Å². The lowest BCUT2D eigenvalue weighted by atomic mass is 10.2. The number of halogens is 1. The zero-order chi connectivity index (χ0) is 13.9. The standard InChI is InChI=1S/C14H21BrN4O/c1-2-5-16-13-11(15)12(10-3-4-10)17-14(18-13)19-6-8-20-9-7-19/h10H,2-9H2,1H3,(H,16,17,18). The van der Waals surface area contributed by atoms with Gasteiger partial charge in [0.25, 0.3) is 0 Å². The number of rotatable bonds is 5. The minimum Gasteiger partial charge on any atom is -0.378 e. The van der Waals surface area contributed by atoms with Gasteiger partial charge in [0, 0.05) is 25.6 Å². The number of aromatic nitrogens is 2. The fraction of sp³-hybridized carbons (Fsp3) is 0.714. The first kappa shape index (κ1) is 14.1. The van der Waals surface area contributed by atoms with Gasteiger partial charge in [-0.05, 0) is 35.2 Å². The van der Waals surface area contributed by atoms with Crippen LogP contribution in [0, 0.1) is 0 Å². The van der Waals surface area contributed by atoms with Gasteiger partial charge >= 0.3 is 0 Å². The molecule has 1 aromatic heterocycles. The zero-order valence-electron chi connectivity index (χ0n) is 11.9. The van der Waals surface area contributed by atoms with Gasteiger partial charge < -0.3 is 15.0 Å². The number of nitrogens with zero attached hydrogens (tertiary/aromatic N) is 3. The highest BCUT2D eigenvalue weighted by atomic mass is 79.9. The van der Waals surface area contributed by atoms with Crippen molar-refractivity contribution < 1.29 is 4.74 Å². The van der Waals surface area contributed by atoms with Gasteiger partial charge in [-0.3, -0.25) is 0 Å². The highest BCUT2D eigenvalue weighted by Crippen LogP contribution is 2.44. The van der Waals surface area contributed by atoms with E-state index >= 15 is 0 Å². The Labute approximate surface area is 128 Å². The molecule has 1 aromatic rings. The molecule has 0 amide bonds. The van der Waals surface area contributed by atoms with E-state index in [0.29, 0.717) is 5.92 Å². The van der Waals surface area contributed by atoms with Crippen molar-refractivity contribution in [1.82, 2.24) is 9.97 Å². The van der Waals surface area contributed by atoms with E-state index in [0.717, 1.165) is 55.5 Å². The lowest BCUT2D eigenvalue weighted by molar-refractivity contribution is 0.122. The molecule has 1 aliphatic heterocycles. The molecule has 110 valence electrons. The van der Waals surface area contributed by atoms with E-state index < -0.39 is 0 Å². The fourth-order valence-electron chi connectivity index (χ4n) is 2.34. The summed E-state index contributed by atoms with van der Waals surface area (Å²) in [6, 6.07) is 0. The van der Waals surface area contributed by atoms with Gasteiger partial charge in [-0.25, -0.2) is 4.98 Å². The first-order chi connectivity index (χ1) is 9.79. The van der Waals surface area contributed by atoms with E-state index in [1.54, 1.807) is 0 Å². The monoisotopic (exact) mass is 340 g/mol. The van der Waals surface area contributed by atoms with Gasteiger partial charge in [-0.15, -0.1) is 0 Å². The Morgan fingerprint density at radius 2 is 2.05 bits per heavy atom. The summed E-state index contributed by atoms with van der Waals surface area (Å²) >= 11 is 3.68. The molecule has 3 rings (SSSR count). The second kappa shape index (κ2) is 6.26. The normalized spacial score (nSPS) is 19.2. The van der Waals surface area contributed by atoms with Crippen molar-refractivity contribution in [2.75, 3.05) is 43.1 Å². The van der Waals surface area contributed by atoms with E-state index in [1.807, 2.05) is 0 Å². The molecular formula is C14H21BrN4O. The van der Waals surface area contributed by atoms with Crippen LogP contribution < -0.4 is 10.2 Å². The molecule has 0 atom stereocenters. The summed E-state index contributed by atoms with van der Waals surface area (Å²) in [7, 11) is 0. The van der Waals surface area contributed by atoms with Gasteiger partial charge in [0.05, 0.1) is 23.4 Å². The van der Waals surface area contributed by atoms with Crippen LogP contribution in [0.5, 0.6) is 0 Å². The molecule has 2 aliphatic rings. The maximum absolute atomic E-state index is 5.41. The summed E-state index contributed by atoms with van der Waals surface area (Å²) < 4.78 is 6.45. The van der Waals surface area contributed by atoms with Crippen molar-refractivity contribution in [2.45, 2.75) is 32.1 Å². The number of anilines is 2. The van der Waals surface area contributed by atoms with Crippen molar-refractivity contribution in [1.29, 1.82) is 0 Å². The summed E-state index contributed by atoms with van der Waals surface area (Å²) in [6.45, 7) is 6.36. The van der Waals surface area contributed by atoms with Crippen LogP contribution in [-0.2, 0) is 4.74 Å². The van der Waals surface area contributed by atoms with E-state index in [2.05, 4.69) is 33.1 Å². The number of morpholine rings is 1. The van der Waals surface area contributed by atoms with E-state index in [-0.39, 0.29) is 0 Å². The summed E-state index contributed by atoms with van der Waals surface area (Å²) in [6.07, 6.45) is 3.57. The van der Waals surface area contributed by atoms with E-state index in [4.69, 9.17) is 14.7 Å². The second-order valence-electron chi connectivity index (χ2n) is 5.37. The molecule has 2 fully saturated rings. The largest absolute Gasteiger partial charge is 0.378 e. The van der Waals surface area contributed by atoms with Crippen LogP contribution in [0.15, 0.2) is 4.47 Å². The molecule has 1 saturated carbocycles. The molecule has 1 N–H and O–H groups in total. The zero-order valence-corrected chi connectivity index (χ0v) is 13.4. The Balaban J connectivity index is 1.89. The van der Waals surface area contributed by atoms with Gasteiger partial charge in [-0.2, -0.15) is 4.98 Å². The molecule has 5 nitrogen and oxygen atoms in total. The van der Waals surface area contributed by atoms with Crippen LogP contribution in [0.2, 0.25) is 0 Å². The maximum Gasteiger partial charge on any atom is 0.227 e. The number of ether oxygens (including phenoxy) is 1. The average Bonchev–Trinajstić information content (AvgIpc) is 3.32. The lowest BCUT2D eigenvalue weighted by Crippen LogP contribution is -2.37. The third kappa shape index (κ3) is 3.06. The van der Waals surface area contributed by atoms with Gasteiger partial charge in [0.2, 0.25) is 5.95 Å². The Morgan fingerprint density at radius 3 is 2.70 bits per heavy atom. The minimum absolute atomic E-state index is 0.606. The first-order valence-electron chi connectivity index (χ1n) is 7.43. The third-order valence-corrected chi connectivity index (χ3v) is 4.45. The summed E-state index contributed by atoms with van der Waals surface area (Å²) in [4.78, 5) is 11.7. The summed E-state index contributed by atoms with van der Waals surface area (Å²) in [5.74, 6) is 2.39. The Hall–Kier alpha value is -0.880. The topological polar surface area (TPSA) is 50.3 Å². The SMILES string of the molecule is CCCNc1nc(N2CCOCC2)nc(C2CC2)c1Br. The molecule has 0 radical (unpaired) electrons. The predicted molar refractivity (Wildman–Crippen MR) is 83.5 cm³/mol. The predicted octanol–water partition coefficient (Wildman–Crippen LogP) is 2.78. The van der Waals surface area contributed by atoms with Crippen LogP contribution in [0.1, 0.15) is 37.8 Å². The van der Waals surface area contributed by atoms with Crippen LogP contribution >= 0.6 is 15.9 Å². The Kier molecular flexibility index (Phi) is 4.41. The van der Waals surface area contributed by atoms with E-state index in [1.165, 1.54) is 18.5 Å². The van der Waals surface area contributed by atoms with Gasteiger partial charge in [-0.1, -0.05) is 6.92 Å². The van der Waals surface area contributed by atoms with Crippen LogP contribution in [-0.4, -0.2) is 42.8 Å².